The molecule has 1 heterocycles. The summed E-state index contributed by atoms with van der Waals surface area (Å²) in [5, 5.41) is 5.76. The zero-order valence-corrected chi connectivity index (χ0v) is 17.5. The Kier molecular flexibility index (Phi) is 10.6. The third-order valence-electron chi connectivity index (χ3n) is 3.87. The van der Waals surface area contributed by atoms with Crippen LogP contribution in [0.25, 0.3) is 0 Å². The van der Waals surface area contributed by atoms with Crippen LogP contribution in [0.2, 0.25) is 0 Å². The Morgan fingerprint density at radius 1 is 0.969 bits per heavy atom. The van der Waals surface area contributed by atoms with Crippen LogP contribution in [0.1, 0.15) is 11.1 Å². The first kappa shape index (κ1) is 25.3. The molecule has 176 valence electrons. The highest BCUT2D eigenvalue weighted by molar-refractivity contribution is 5.38. The van der Waals surface area contributed by atoms with Crippen LogP contribution in [-0.2, 0) is 22.2 Å². The summed E-state index contributed by atoms with van der Waals surface area (Å²) < 4.78 is 55.6. The zero-order valence-electron chi connectivity index (χ0n) is 17.5. The van der Waals surface area contributed by atoms with E-state index in [4.69, 9.17) is 19.9 Å². The number of aromatic nitrogens is 3. The Balaban J connectivity index is 1.97. The number of hydrogen-bond acceptors (Lipinski definition) is 9. The molecule has 4 N–H and O–H groups in total. The van der Waals surface area contributed by atoms with E-state index in [2.05, 4.69) is 32.2 Å². The van der Waals surface area contributed by atoms with E-state index in [9.17, 15) is 13.2 Å². The summed E-state index contributed by atoms with van der Waals surface area (Å²) in [4.78, 5) is 12.4. The lowest BCUT2D eigenvalue weighted by Crippen LogP contribution is -2.17. The first-order chi connectivity index (χ1) is 15.4. The van der Waals surface area contributed by atoms with Crippen molar-refractivity contribution in [2.45, 2.75) is 12.7 Å². The summed E-state index contributed by atoms with van der Waals surface area (Å²) in [6, 6.07) is 5.29. The van der Waals surface area contributed by atoms with E-state index < -0.39 is 11.7 Å². The Bertz CT molecular complexity index is 838. The minimum absolute atomic E-state index is 0.00473. The molecule has 0 unspecified atom stereocenters. The third-order valence-corrected chi connectivity index (χ3v) is 3.87. The summed E-state index contributed by atoms with van der Waals surface area (Å²) in [6.07, 6.45) is -2.94. The van der Waals surface area contributed by atoms with Crippen molar-refractivity contribution in [1.82, 2.24) is 15.0 Å². The molecule has 2 rings (SSSR count). The number of halogens is 3. The van der Waals surface area contributed by atoms with Gasteiger partial charge >= 0.3 is 12.2 Å². The fourth-order valence-corrected chi connectivity index (χ4v) is 2.48. The van der Waals surface area contributed by atoms with Gasteiger partial charge in [-0.15, -0.1) is 0 Å². The lowest BCUT2D eigenvalue weighted by molar-refractivity contribution is -0.138. The second-order valence-electron chi connectivity index (χ2n) is 6.31. The SMILES string of the molecule is C=CCOc1nc(NCCOCCOCCN)nc(NCc2ccccc2C(F)(F)F)n1. The van der Waals surface area contributed by atoms with Crippen LogP contribution in [0.4, 0.5) is 25.1 Å². The van der Waals surface area contributed by atoms with Crippen molar-refractivity contribution in [3.8, 4) is 6.01 Å². The predicted molar refractivity (Wildman–Crippen MR) is 113 cm³/mol. The number of hydrogen-bond donors (Lipinski definition) is 3. The van der Waals surface area contributed by atoms with Crippen LogP contribution < -0.4 is 21.1 Å². The molecule has 2 aromatic rings. The molecule has 0 saturated heterocycles. The number of alkyl halides is 3. The largest absolute Gasteiger partial charge is 0.459 e. The van der Waals surface area contributed by atoms with E-state index in [1.54, 1.807) is 0 Å². The maximum Gasteiger partial charge on any atom is 0.416 e. The Hall–Kier alpha value is -2.96. The van der Waals surface area contributed by atoms with Gasteiger partial charge in [-0.1, -0.05) is 30.9 Å². The molecular weight excluding hydrogens is 429 g/mol. The van der Waals surface area contributed by atoms with Crippen LogP contribution >= 0.6 is 0 Å². The fourth-order valence-electron chi connectivity index (χ4n) is 2.48. The fraction of sp³-hybridized carbons (Fsp3) is 0.450. The maximum absolute atomic E-state index is 13.2. The molecular formula is C20H27F3N6O3. The lowest BCUT2D eigenvalue weighted by atomic mass is 10.1. The van der Waals surface area contributed by atoms with Gasteiger partial charge in [0.1, 0.15) is 6.61 Å². The Labute approximate surface area is 184 Å². The monoisotopic (exact) mass is 456 g/mol. The molecule has 0 bridgehead atoms. The van der Waals surface area contributed by atoms with Crippen LogP contribution in [0, 0.1) is 0 Å². The number of anilines is 2. The van der Waals surface area contributed by atoms with Crippen molar-refractivity contribution in [1.29, 1.82) is 0 Å². The minimum Gasteiger partial charge on any atom is -0.459 e. The third kappa shape index (κ3) is 9.04. The van der Waals surface area contributed by atoms with Gasteiger partial charge in [0, 0.05) is 19.6 Å². The normalized spacial score (nSPS) is 11.2. The van der Waals surface area contributed by atoms with Gasteiger partial charge in [-0.05, 0) is 11.6 Å². The molecule has 0 saturated carbocycles. The average molecular weight is 456 g/mol. The standard InChI is InChI=1S/C20H27F3N6O3/c1-2-9-32-19-28-17(25-8-11-31-13-12-30-10-7-24)27-18(29-19)26-14-15-5-3-4-6-16(15)20(21,22)23/h2-6H,1,7-14,24H2,(H2,25,26,27,28,29). The summed E-state index contributed by atoms with van der Waals surface area (Å²) in [7, 11) is 0. The van der Waals surface area contributed by atoms with Gasteiger partial charge in [-0.25, -0.2) is 0 Å². The zero-order chi connectivity index (χ0) is 23.2. The smallest absolute Gasteiger partial charge is 0.416 e. The molecule has 32 heavy (non-hydrogen) atoms. The average Bonchev–Trinajstić information content (AvgIpc) is 2.77. The van der Waals surface area contributed by atoms with Gasteiger partial charge in [0.25, 0.3) is 0 Å². The highest BCUT2D eigenvalue weighted by atomic mass is 19.4. The molecule has 0 spiro atoms. The number of rotatable bonds is 15. The van der Waals surface area contributed by atoms with Crippen LogP contribution in [0.15, 0.2) is 36.9 Å². The van der Waals surface area contributed by atoms with E-state index in [-0.39, 0.29) is 36.6 Å². The van der Waals surface area contributed by atoms with Gasteiger partial charge in [-0.3, -0.25) is 0 Å². The molecule has 0 radical (unpaired) electrons. The first-order valence-corrected chi connectivity index (χ1v) is 9.92. The number of nitrogens with two attached hydrogens (primary N) is 1. The van der Waals surface area contributed by atoms with Crippen LogP contribution in [0.3, 0.4) is 0 Å². The second kappa shape index (κ2) is 13.5. The molecule has 1 aromatic carbocycles. The van der Waals surface area contributed by atoms with Crippen molar-refractivity contribution < 1.29 is 27.4 Å². The minimum atomic E-state index is -4.46. The van der Waals surface area contributed by atoms with E-state index in [1.165, 1.54) is 24.3 Å². The van der Waals surface area contributed by atoms with Crippen molar-refractivity contribution >= 4 is 11.9 Å². The lowest BCUT2D eigenvalue weighted by Gasteiger charge is -2.14. The molecule has 0 aliphatic rings. The molecule has 9 nitrogen and oxygen atoms in total. The number of ether oxygens (including phenoxy) is 3. The molecule has 0 amide bonds. The molecule has 0 aliphatic carbocycles. The molecule has 1 aromatic heterocycles. The quantitative estimate of drug-likeness (QED) is 0.274. The predicted octanol–water partition coefficient (Wildman–Crippen LogP) is 2.47. The van der Waals surface area contributed by atoms with E-state index in [0.29, 0.717) is 39.5 Å². The Morgan fingerprint density at radius 2 is 1.66 bits per heavy atom. The molecule has 0 fully saturated rings. The number of nitrogens with zero attached hydrogens (tertiary/aromatic N) is 3. The number of nitrogens with one attached hydrogen (secondary N) is 2. The number of benzene rings is 1. The van der Waals surface area contributed by atoms with Crippen molar-refractivity contribution in [2.75, 3.05) is 56.8 Å². The van der Waals surface area contributed by atoms with Gasteiger partial charge in [0.15, 0.2) is 0 Å². The summed E-state index contributed by atoms with van der Waals surface area (Å²) in [5.41, 5.74) is 4.66. The second-order valence-corrected chi connectivity index (χ2v) is 6.31. The van der Waals surface area contributed by atoms with Gasteiger partial charge in [0.2, 0.25) is 11.9 Å². The summed E-state index contributed by atoms with van der Waals surface area (Å²) >= 11 is 0. The Morgan fingerprint density at radius 3 is 2.34 bits per heavy atom. The van der Waals surface area contributed by atoms with Gasteiger partial charge in [-0.2, -0.15) is 28.1 Å². The van der Waals surface area contributed by atoms with Crippen LogP contribution in [-0.4, -0.2) is 61.1 Å². The first-order valence-electron chi connectivity index (χ1n) is 9.92. The molecule has 12 heteroatoms. The highest BCUT2D eigenvalue weighted by Gasteiger charge is 2.32. The highest BCUT2D eigenvalue weighted by Crippen LogP contribution is 2.32. The summed E-state index contributed by atoms with van der Waals surface area (Å²) in [6.45, 7) is 6.12. The maximum atomic E-state index is 13.2. The van der Waals surface area contributed by atoms with Crippen molar-refractivity contribution in [3.05, 3.63) is 48.0 Å². The summed E-state index contributed by atoms with van der Waals surface area (Å²) in [5.74, 6) is 0.253. The van der Waals surface area contributed by atoms with E-state index >= 15 is 0 Å². The van der Waals surface area contributed by atoms with E-state index in [1.807, 2.05) is 0 Å². The molecule has 0 atom stereocenters. The van der Waals surface area contributed by atoms with Crippen molar-refractivity contribution in [3.63, 3.8) is 0 Å². The van der Waals surface area contributed by atoms with E-state index in [0.717, 1.165) is 6.07 Å². The van der Waals surface area contributed by atoms with Crippen molar-refractivity contribution in [2.24, 2.45) is 5.73 Å². The van der Waals surface area contributed by atoms with Crippen LogP contribution in [0.5, 0.6) is 6.01 Å². The molecule has 0 aliphatic heterocycles. The van der Waals surface area contributed by atoms with Gasteiger partial charge in [0.05, 0.1) is 32.0 Å². The topological polar surface area (TPSA) is 116 Å². The van der Waals surface area contributed by atoms with Gasteiger partial charge < -0.3 is 30.6 Å².